The molecular formula is C36H37N3O6S. The maximum Gasteiger partial charge on any atom is 0.272 e. The van der Waals surface area contributed by atoms with E-state index in [1.807, 2.05) is 26.0 Å². The van der Waals surface area contributed by atoms with Crippen molar-refractivity contribution in [2.75, 3.05) is 31.5 Å². The highest BCUT2D eigenvalue weighted by Gasteiger charge is 2.21. The molecule has 0 aromatic heterocycles. The minimum Gasteiger partial charge on any atom is -0.497 e. The number of carbonyl (C=O) groups is 3. The van der Waals surface area contributed by atoms with Crippen LogP contribution >= 0.6 is 11.8 Å². The van der Waals surface area contributed by atoms with Gasteiger partial charge in [0.1, 0.15) is 22.9 Å². The molecule has 9 nitrogen and oxygen atoms in total. The van der Waals surface area contributed by atoms with Crippen LogP contribution in [0.3, 0.4) is 0 Å². The maximum absolute atomic E-state index is 13.6. The van der Waals surface area contributed by atoms with Gasteiger partial charge in [0.25, 0.3) is 11.8 Å². The van der Waals surface area contributed by atoms with Crippen molar-refractivity contribution in [1.29, 1.82) is 0 Å². The number of ether oxygens (including phenoxy) is 3. The first-order chi connectivity index (χ1) is 22.3. The van der Waals surface area contributed by atoms with Crippen molar-refractivity contribution >= 4 is 46.9 Å². The molecule has 0 aliphatic carbocycles. The molecule has 3 N–H and O–H groups in total. The molecule has 4 aromatic carbocycles. The second kappa shape index (κ2) is 16.7. The Morgan fingerprint density at radius 2 is 1.54 bits per heavy atom. The third-order valence-corrected chi connectivity index (χ3v) is 8.09. The average Bonchev–Trinajstić information content (AvgIpc) is 3.08. The highest BCUT2D eigenvalue weighted by Crippen LogP contribution is 2.32. The predicted molar refractivity (Wildman–Crippen MR) is 183 cm³/mol. The van der Waals surface area contributed by atoms with Crippen molar-refractivity contribution in [3.05, 3.63) is 114 Å². The van der Waals surface area contributed by atoms with Gasteiger partial charge in [0.2, 0.25) is 5.91 Å². The van der Waals surface area contributed by atoms with Crippen LogP contribution in [-0.2, 0) is 9.59 Å². The largest absolute Gasteiger partial charge is 0.497 e. The summed E-state index contributed by atoms with van der Waals surface area (Å²) >= 11 is 1.37. The van der Waals surface area contributed by atoms with E-state index in [1.165, 1.54) is 18.9 Å². The molecule has 1 atom stereocenters. The minimum absolute atomic E-state index is 0.0640. The summed E-state index contributed by atoms with van der Waals surface area (Å²) in [6.07, 6.45) is 2.16. The van der Waals surface area contributed by atoms with Crippen molar-refractivity contribution in [2.45, 2.75) is 30.4 Å². The SMILES string of the molecule is CCOc1ccc(/C=C(/NC(=O)c2ccccc2)C(=O)Nc2cccc(SC(CC)C(=O)Nc3cc(OC)ccc3OC)c2)cc1. The third-order valence-electron chi connectivity index (χ3n) is 6.73. The van der Waals surface area contributed by atoms with Gasteiger partial charge in [0.15, 0.2) is 0 Å². The molecule has 0 fully saturated rings. The summed E-state index contributed by atoms with van der Waals surface area (Å²) < 4.78 is 16.2. The number of carbonyl (C=O) groups excluding carboxylic acids is 3. The first-order valence-corrected chi connectivity index (χ1v) is 15.6. The number of benzene rings is 4. The zero-order valence-corrected chi connectivity index (χ0v) is 27.0. The number of hydrogen-bond acceptors (Lipinski definition) is 7. The molecule has 0 saturated heterocycles. The summed E-state index contributed by atoms with van der Waals surface area (Å²) in [5.74, 6) is 0.702. The molecule has 0 radical (unpaired) electrons. The van der Waals surface area contributed by atoms with Gasteiger partial charge in [-0.25, -0.2) is 0 Å². The van der Waals surface area contributed by atoms with Gasteiger partial charge in [0.05, 0.1) is 31.8 Å². The average molecular weight is 640 g/mol. The van der Waals surface area contributed by atoms with E-state index >= 15 is 0 Å². The van der Waals surface area contributed by atoms with E-state index in [0.29, 0.717) is 52.8 Å². The minimum atomic E-state index is -0.504. The fourth-order valence-corrected chi connectivity index (χ4v) is 5.41. The Bertz CT molecular complexity index is 1680. The van der Waals surface area contributed by atoms with Crippen molar-refractivity contribution in [2.24, 2.45) is 0 Å². The zero-order chi connectivity index (χ0) is 32.9. The topological polar surface area (TPSA) is 115 Å². The molecule has 238 valence electrons. The number of methoxy groups -OCH3 is 2. The summed E-state index contributed by atoms with van der Waals surface area (Å²) in [6, 6.07) is 28.3. The number of amides is 3. The first kappa shape index (κ1) is 33.7. The van der Waals surface area contributed by atoms with Crippen molar-refractivity contribution in [1.82, 2.24) is 5.32 Å². The van der Waals surface area contributed by atoms with E-state index in [1.54, 1.807) is 98.1 Å². The van der Waals surface area contributed by atoms with Gasteiger partial charge in [-0.2, -0.15) is 0 Å². The molecule has 0 spiro atoms. The molecule has 0 bridgehead atoms. The molecule has 3 amide bonds. The van der Waals surface area contributed by atoms with Crippen molar-refractivity contribution < 1.29 is 28.6 Å². The Balaban J connectivity index is 1.51. The smallest absolute Gasteiger partial charge is 0.272 e. The molecule has 0 aliphatic rings. The second-order valence-electron chi connectivity index (χ2n) is 9.93. The lowest BCUT2D eigenvalue weighted by Gasteiger charge is -2.17. The molecule has 4 rings (SSSR count). The summed E-state index contributed by atoms with van der Waals surface area (Å²) in [5, 5.41) is 8.16. The summed E-state index contributed by atoms with van der Waals surface area (Å²) in [5.41, 5.74) is 2.20. The summed E-state index contributed by atoms with van der Waals surface area (Å²) in [6.45, 7) is 4.37. The number of anilines is 2. The Morgan fingerprint density at radius 1 is 0.804 bits per heavy atom. The van der Waals surface area contributed by atoms with E-state index in [0.717, 1.165) is 4.90 Å². The van der Waals surface area contributed by atoms with E-state index in [-0.39, 0.29) is 11.6 Å². The first-order valence-electron chi connectivity index (χ1n) is 14.7. The Hall–Kier alpha value is -5.22. The number of nitrogens with one attached hydrogen (secondary N) is 3. The zero-order valence-electron chi connectivity index (χ0n) is 26.2. The van der Waals surface area contributed by atoms with Crippen LogP contribution in [0.2, 0.25) is 0 Å². The molecule has 4 aromatic rings. The summed E-state index contributed by atoms with van der Waals surface area (Å²) in [4.78, 5) is 40.6. The van der Waals surface area contributed by atoms with Crippen LogP contribution in [0, 0.1) is 0 Å². The Kier molecular flexibility index (Phi) is 12.3. The van der Waals surface area contributed by atoms with Crippen LogP contribution in [0.1, 0.15) is 36.2 Å². The quantitative estimate of drug-likeness (QED) is 0.100. The van der Waals surface area contributed by atoms with Crippen LogP contribution in [0.15, 0.2) is 108 Å². The lowest BCUT2D eigenvalue weighted by Crippen LogP contribution is -2.30. The lowest BCUT2D eigenvalue weighted by molar-refractivity contribution is -0.116. The molecule has 0 aliphatic heterocycles. The predicted octanol–water partition coefficient (Wildman–Crippen LogP) is 7.02. The van der Waals surface area contributed by atoms with Gasteiger partial charge < -0.3 is 30.2 Å². The summed E-state index contributed by atoms with van der Waals surface area (Å²) in [7, 11) is 3.09. The third kappa shape index (κ3) is 9.39. The fraction of sp³-hybridized carbons (Fsp3) is 0.194. The lowest BCUT2D eigenvalue weighted by atomic mass is 10.1. The monoisotopic (exact) mass is 639 g/mol. The van der Waals surface area contributed by atoms with Gasteiger partial charge in [-0.15, -0.1) is 11.8 Å². The van der Waals surface area contributed by atoms with Gasteiger partial charge in [-0.1, -0.05) is 43.3 Å². The molecule has 1 unspecified atom stereocenters. The van der Waals surface area contributed by atoms with Gasteiger partial charge in [-0.3, -0.25) is 14.4 Å². The van der Waals surface area contributed by atoms with Gasteiger partial charge in [-0.05, 0) is 79.6 Å². The molecule has 0 heterocycles. The van der Waals surface area contributed by atoms with Crippen molar-refractivity contribution in [3.8, 4) is 17.2 Å². The van der Waals surface area contributed by atoms with Gasteiger partial charge in [0, 0.05) is 22.2 Å². The molecule has 0 saturated carbocycles. The fourth-order valence-electron chi connectivity index (χ4n) is 4.39. The van der Waals surface area contributed by atoms with Crippen LogP contribution in [0.25, 0.3) is 6.08 Å². The Morgan fingerprint density at radius 3 is 2.22 bits per heavy atom. The number of thioether (sulfide) groups is 1. The highest BCUT2D eigenvalue weighted by molar-refractivity contribution is 8.00. The number of rotatable bonds is 14. The van der Waals surface area contributed by atoms with Crippen LogP contribution in [0.4, 0.5) is 11.4 Å². The number of hydrogen-bond donors (Lipinski definition) is 3. The van der Waals surface area contributed by atoms with Crippen molar-refractivity contribution in [3.63, 3.8) is 0 Å². The highest BCUT2D eigenvalue weighted by atomic mass is 32.2. The molecular weight excluding hydrogens is 602 g/mol. The van der Waals surface area contributed by atoms with Crippen LogP contribution in [-0.4, -0.2) is 43.8 Å². The standard InChI is InChI=1S/C36H37N3O6S/c1-5-33(36(42)38-30-23-28(43-3)19-20-32(30)44-4)46-29-14-10-13-26(22-29)37-35(41)31(39-34(40)25-11-8-7-9-12-25)21-24-15-17-27(18-16-24)45-6-2/h7-23,33H,5-6H2,1-4H3,(H,37,41)(H,38,42)(H,39,40)/b31-21+. The second-order valence-corrected chi connectivity index (χ2v) is 11.2. The Labute approximate surface area is 273 Å². The van der Waals surface area contributed by atoms with Crippen LogP contribution in [0.5, 0.6) is 17.2 Å². The van der Waals surface area contributed by atoms with E-state index in [4.69, 9.17) is 14.2 Å². The maximum atomic E-state index is 13.6. The van der Waals surface area contributed by atoms with E-state index < -0.39 is 17.1 Å². The van der Waals surface area contributed by atoms with Gasteiger partial charge >= 0.3 is 0 Å². The molecule has 46 heavy (non-hydrogen) atoms. The van der Waals surface area contributed by atoms with E-state index in [2.05, 4.69) is 16.0 Å². The molecule has 10 heteroatoms. The normalized spacial score (nSPS) is 11.6. The van der Waals surface area contributed by atoms with E-state index in [9.17, 15) is 14.4 Å². The van der Waals surface area contributed by atoms with Crippen LogP contribution < -0.4 is 30.2 Å².